The Balaban J connectivity index is 0.934. The Morgan fingerprint density at radius 3 is 1.49 bits per heavy atom. The average molecular weight is 877 g/mol. The molecule has 0 nitrogen and oxygen atoms in total. The van der Waals surface area contributed by atoms with Crippen LogP contribution in [-0.4, -0.2) is 0 Å². The van der Waals surface area contributed by atoms with Gasteiger partial charge < -0.3 is 0 Å². The molecule has 11 aromatic rings. The van der Waals surface area contributed by atoms with Gasteiger partial charge in [-0.25, -0.2) is 0 Å². The van der Waals surface area contributed by atoms with Gasteiger partial charge in [0.05, 0.1) is 0 Å². The van der Waals surface area contributed by atoms with Gasteiger partial charge in [0.1, 0.15) is 0 Å². The topological polar surface area (TPSA) is 0 Å². The van der Waals surface area contributed by atoms with Crippen molar-refractivity contribution in [3.63, 3.8) is 0 Å². The van der Waals surface area contributed by atoms with E-state index in [9.17, 15) is 0 Å². The van der Waals surface area contributed by atoms with Gasteiger partial charge in [-0.15, -0.1) is 0 Å². The van der Waals surface area contributed by atoms with E-state index in [1.165, 1.54) is 161 Å². The van der Waals surface area contributed by atoms with Crippen molar-refractivity contribution < 1.29 is 0 Å². The first-order chi connectivity index (χ1) is 34.2. The molecule has 0 heterocycles. The van der Waals surface area contributed by atoms with E-state index in [0.717, 1.165) is 0 Å². The molecule has 0 N–H and O–H groups in total. The fourth-order valence-corrected chi connectivity index (χ4v) is 13.2. The first-order valence-corrected chi connectivity index (χ1v) is 25.0. The molecule has 0 spiro atoms. The van der Waals surface area contributed by atoms with E-state index in [4.69, 9.17) is 0 Å². The third-order valence-electron chi connectivity index (χ3n) is 16.6. The van der Waals surface area contributed by atoms with Crippen molar-refractivity contribution in [2.75, 3.05) is 0 Å². The number of hydrogen-bond acceptors (Lipinski definition) is 0. The lowest BCUT2D eigenvalue weighted by Gasteiger charge is -2.33. The fraction of sp³-hybridized carbons (Fsp3) is 0.101. The standard InChI is InChI=1S/C69H48/c1-41-29-30-43(45-32-35-54-52-21-6-10-25-58(52)66-56-23-8-2-17-48(56)50-19-4-12-27-60(50)68(66)64(54)39-45)37-62(41)63-38-44(31-34-47(63)42-15-14-16-42)46-33-36-55-53-22-7-11-26-59(53)67-57-24-9-3-18-49(57)51-20-5-13-28-61(51)69(67)65(55)40-46/h2-13,17-40,42,53,55H,14-16H2,1H3. The summed E-state index contributed by atoms with van der Waals surface area (Å²) in [6.45, 7) is 2.31. The summed E-state index contributed by atoms with van der Waals surface area (Å²) in [7, 11) is 0. The second-order valence-electron chi connectivity index (χ2n) is 20.1. The summed E-state index contributed by atoms with van der Waals surface area (Å²) < 4.78 is 0. The highest BCUT2D eigenvalue weighted by molar-refractivity contribution is 6.39. The Labute approximate surface area is 401 Å². The molecule has 15 rings (SSSR count). The lowest BCUT2D eigenvalue weighted by atomic mass is 9.70. The van der Waals surface area contributed by atoms with E-state index in [1.807, 2.05) is 0 Å². The van der Waals surface area contributed by atoms with Gasteiger partial charge in [-0.1, -0.05) is 201 Å². The number of aryl methyl sites for hydroxylation is 1. The predicted octanol–water partition coefficient (Wildman–Crippen LogP) is 17.0. The summed E-state index contributed by atoms with van der Waals surface area (Å²) in [6.07, 6.45) is 20.6. The van der Waals surface area contributed by atoms with Gasteiger partial charge in [0.2, 0.25) is 0 Å². The highest BCUT2D eigenvalue weighted by Crippen LogP contribution is 2.48. The van der Waals surface area contributed by atoms with Gasteiger partial charge in [-0.2, -0.15) is 0 Å². The lowest BCUT2D eigenvalue weighted by Crippen LogP contribution is -2.40. The summed E-state index contributed by atoms with van der Waals surface area (Å²) in [5.41, 5.74) is 13.4. The largest absolute Gasteiger partial charge is 0.0761 e. The van der Waals surface area contributed by atoms with Crippen molar-refractivity contribution in [2.45, 2.75) is 32.1 Å². The van der Waals surface area contributed by atoms with Crippen LogP contribution in [0.25, 0.3) is 114 Å². The molecule has 4 aliphatic rings. The molecule has 4 aliphatic carbocycles. The second kappa shape index (κ2) is 15.0. The van der Waals surface area contributed by atoms with Crippen molar-refractivity contribution in [3.8, 4) is 22.3 Å². The van der Waals surface area contributed by atoms with E-state index in [1.54, 1.807) is 0 Å². The summed E-state index contributed by atoms with van der Waals surface area (Å²) in [5.74, 6) is 1.14. The molecule has 324 valence electrons. The minimum atomic E-state index is 0.267. The third-order valence-corrected chi connectivity index (χ3v) is 16.6. The Hall–Kier alpha value is -8.06. The SMILES string of the molecule is Cc1ccc(-c2ccc3c4ccccc4c4c5ccccc5c5ccccc5c4c3c2)cc1-c1cc(C2=CC3=c4c(c5ccccc5c5ccccc45)=C4C=CC=CC4C3C=C2)ccc1C1CCC1. The van der Waals surface area contributed by atoms with Crippen LogP contribution >= 0.6 is 0 Å². The minimum absolute atomic E-state index is 0.267. The van der Waals surface area contributed by atoms with E-state index in [2.05, 4.69) is 225 Å². The van der Waals surface area contributed by atoms with Crippen molar-refractivity contribution in [3.05, 3.63) is 246 Å². The normalized spacial score (nSPS) is 17.6. The molecule has 0 bridgehead atoms. The van der Waals surface area contributed by atoms with Gasteiger partial charge >= 0.3 is 0 Å². The van der Waals surface area contributed by atoms with Crippen LogP contribution in [0.1, 0.15) is 41.9 Å². The van der Waals surface area contributed by atoms with Crippen LogP contribution in [0.3, 0.4) is 0 Å². The molecule has 1 fully saturated rings. The maximum absolute atomic E-state index is 2.55. The minimum Gasteiger partial charge on any atom is -0.0761 e. The van der Waals surface area contributed by atoms with Crippen LogP contribution < -0.4 is 10.4 Å². The summed E-state index contributed by atoms with van der Waals surface area (Å²) >= 11 is 0. The Morgan fingerprint density at radius 2 is 0.870 bits per heavy atom. The molecule has 0 aromatic heterocycles. The molecule has 0 aliphatic heterocycles. The van der Waals surface area contributed by atoms with E-state index in [0.29, 0.717) is 11.8 Å². The molecule has 0 amide bonds. The Kier molecular flexibility index (Phi) is 8.46. The van der Waals surface area contributed by atoms with E-state index < -0.39 is 0 Å². The number of fused-ring (bicyclic) bond motifs is 20. The maximum atomic E-state index is 2.55. The highest BCUT2D eigenvalue weighted by Gasteiger charge is 2.32. The zero-order valence-corrected chi connectivity index (χ0v) is 38.6. The lowest BCUT2D eigenvalue weighted by molar-refractivity contribution is 0.420. The predicted molar refractivity (Wildman–Crippen MR) is 296 cm³/mol. The van der Waals surface area contributed by atoms with Gasteiger partial charge in [0, 0.05) is 11.8 Å². The smallest absolute Gasteiger partial charge is 0.0132 e. The van der Waals surface area contributed by atoms with Crippen molar-refractivity contribution in [1.82, 2.24) is 0 Å². The quantitative estimate of drug-likeness (QED) is 0.155. The van der Waals surface area contributed by atoms with Crippen molar-refractivity contribution in [1.29, 1.82) is 0 Å². The van der Waals surface area contributed by atoms with Crippen LogP contribution in [0.4, 0.5) is 0 Å². The third kappa shape index (κ3) is 5.70. The van der Waals surface area contributed by atoms with E-state index >= 15 is 0 Å². The van der Waals surface area contributed by atoms with Gasteiger partial charge in [0.15, 0.2) is 0 Å². The van der Waals surface area contributed by atoms with Crippen LogP contribution in [0.2, 0.25) is 0 Å². The van der Waals surface area contributed by atoms with Crippen LogP contribution in [0, 0.1) is 18.8 Å². The van der Waals surface area contributed by atoms with Crippen molar-refractivity contribution in [2.24, 2.45) is 11.8 Å². The molecule has 69 heavy (non-hydrogen) atoms. The molecule has 0 saturated heterocycles. The molecule has 1 saturated carbocycles. The first-order valence-electron chi connectivity index (χ1n) is 25.0. The van der Waals surface area contributed by atoms with Gasteiger partial charge in [-0.3, -0.25) is 0 Å². The molecular formula is C69H48. The molecule has 0 heteroatoms. The van der Waals surface area contributed by atoms with E-state index in [-0.39, 0.29) is 5.92 Å². The molecule has 11 aromatic carbocycles. The monoisotopic (exact) mass is 876 g/mol. The fourth-order valence-electron chi connectivity index (χ4n) is 13.2. The maximum Gasteiger partial charge on any atom is 0.0132 e. The Bertz CT molecular complexity index is 4340. The van der Waals surface area contributed by atoms with Gasteiger partial charge in [0.25, 0.3) is 0 Å². The summed E-state index contributed by atoms with van der Waals surface area (Å²) in [4.78, 5) is 0. The van der Waals surface area contributed by atoms with Crippen LogP contribution in [-0.2, 0) is 0 Å². The number of benzene rings is 11. The molecule has 0 radical (unpaired) electrons. The number of rotatable bonds is 4. The summed E-state index contributed by atoms with van der Waals surface area (Å²) in [6, 6.07) is 67.1. The van der Waals surface area contributed by atoms with Gasteiger partial charge in [-0.05, 0) is 191 Å². The second-order valence-corrected chi connectivity index (χ2v) is 20.1. The molecule has 2 unspecified atom stereocenters. The zero-order chi connectivity index (χ0) is 45.3. The summed E-state index contributed by atoms with van der Waals surface area (Å²) in [5, 5.41) is 21.3. The molecule has 2 atom stereocenters. The number of hydrogen-bond donors (Lipinski definition) is 0. The first kappa shape index (κ1) is 39.0. The highest BCUT2D eigenvalue weighted by atomic mass is 14.4. The average Bonchev–Trinajstić information content (AvgIpc) is 3.40. The van der Waals surface area contributed by atoms with Crippen LogP contribution in [0.15, 0.2) is 218 Å². The van der Waals surface area contributed by atoms with Crippen molar-refractivity contribution >= 4 is 92.1 Å². The van der Waals surface area contributed by atoms with Crippen LogP contribution in [0.5, 0.6) is 0 Å². The zero-order valence-electron chi connectivity index (χ0n) is 38.6. The number of allylic oxidation sites excluding steroid dienone is 8. The Morgan fingerprint density at radius 1 is 0.377 bits per heavy atom. The molecular weight excluding hydrogens is 829 g/mol.